The molecule has 2 atom stereocenters. The fourth-order valence-electron chi connectivity index (χ4n) is 2.65. The van der Waals surface area contributed by atoms with Gasteiger partial charge in [0.05, 0.1) is 13.2 Å². The lowest BCUT2D eigenvalue weighted by Gasteiger charge is -2.30. The molecule has 20 heavy (non-hydrogen) atoms. The normalized spacial score (nSPS) is 27.1. The number of morpholine rings is 1. The molecule has 0 aromatic heterocycles. The number of nitrogens with one attached hydrogen (secondary N) is 2. The largest absolute Gasteiger partial charge is 0.378 e. The summed E-state index contributed by atoms with van der Waals surface area (Å²) in [6, 6.07) is 0.190. The molecular weight excluding hydrogens is 258 g/mol. The summed E-state index contributed by atoms with van der Waals surface area (Å²) in [5, 5.41) is 6.31. The van der Waals surface area contributed by atoms with E-state index < -0.39 is 0 Å². The molecule has 2 heterocycles. The molecule has 0 bridgehead atoms. The van der Waals surface area contributed by atoms with Crippen LogP contribution in [0.4, 0.5) is 0 Å². The Morgan fingerprint density at radius 2 is 2.05 bits per heavy atom. The van der Waals surface area contributed by atoms with Gasteiger partial charge >= 0.3 is 0 Å². The minimum Gasteiger partial charge on any atom is -0.378 e. The Morgan fingerprint density at radius 1 is 1.30 bits per heavy atom. The molecule has 2 unspecified atom stereocenters. The van der Waals surface area contributed by atoms with E-state index in [4.69, 9.17) is 4.74 Å². The lowest BCUT2D eigenvalue weighted by molar-refractivity contribution is -0.137. The van der Waals surface area contributed by atoms with Crippen LogP contribution in [0.25, 0.3) is 0 Å². The Hall–Kier alpha value is -1.14. The molecule has 2 fully saturated rings. The predicted octanol–water partition coefficient (Wildman–Crippen LogP) is -0.260. The van der Waals surface area contributed by atoms with Crippen LogP contribution in [0.2, 0.25) is 0 Å². The predicted molar refractivity (Wildman–Crippen MR) is 75.2 cm³/mol. The summed E-state index contributed by atoms with van der Waals surface area (Å²) in [4.78, 5) is 25.6. The number of hydrogen-bond acceptors (Lipinski definition) is 4. The number of rotatable bonds is 4. The molecule has 6 nitrogen and oxygen atoms in total. The second-order valence-corrected chi connectivity index (χ2v) is 5.64. The molecule has 6 heteroatoms. The SMILES string of the molecule is CC1CCNCC1NC(=O)CCC(=O)N1CCOCC1. The quantitative estimate of drug-likeness (QED) is 0.746. The van der Waals surface area contributed by atoms with Gasteiger partial charge in [0.2, 0.25) is 11.8 Å². The third-order valence-electron chi connectivity index (χ3n) is 4.10. The highest BCUT2D eigenvalue weighted by atomic mass is 16.5. The number of hydrogen-bond donors (Lipinski definition) is 2. The van der Waals surface area contributed by atoms with Crippen molar-refractivity contribution in [1.82, 2.24) is 15.5 Å². The van der Waals surface area contributed by atoms with Crippen molar-refractivity contribution < 1.29 is 14.3 Å². The van der Waals surface area contributed by atoms with Crippen molar-refractivity contribution in [3.63, 3.8) is 0 Å². The molecule has 2 saturated heterocycles. The van der Waals surface area contributed by atoms with E-state index in [0.29, 0.717) is 38.6 Å². The molecular formula is C14H25N3O3. The number of amides is 2. The molecule has 0 aliphatic carbocycles. The van der Waals surface area contributed by atoms with Crippen LogP contribution in [-0.2, 0) is 14.3 Å². The topological polar surface area (TPSA) is 70.7 Å². The van der Waals surface area contributed by atoms with E-state index in [0.717, 1.165) is 19.5 Å². The maximum Gasteiger partial charge on any atom is 0.223 e. The summed E-state index contributed by atoms with van der Waals surface area (Å²) in [5.41, 5.74) is 0. The number of nitrogens with zero attached hydrogens (tertiary/aromatic N) is 1. The molecule has 0 aromatic rings. The molecule has 2 aliphatic heterocycles. The van der Waals surface area contributed by atoms with Crippen LogP contribution >= 0.6 is 0 Å². The number of carbonyl (C=O) groups excluding carboxylic acids is 2. The average Bonchev–Trinajstić information content (AvgIpc) is 2.48. The second kappa shape index (κ2) is 7.59. The Kier molecular flexibility index (Phi) is 5.79. The van der Waals surface area contributed by atoms with E-state index in [1.54, 1.807) is 4.90 Å². The highest BCUT2D eigenvalue weighted by molar-refractivity contribution is 5.84. The molecule has 2 aliphatic rings. The highest BCUT2D eigenvalue weighted by Crippen LogP contribution is 2.11. The van der Waals surface area contributed by atoms with Gasteiger partial charge in [-0.25, -0.2) is 0 Å². The first-order valence-corrected chi connectivity index (χ1v) is 7.52. The monoisotopic (exact) mass is 283 g/mol. The molecule has 0 radical (unpaired) electrons. The van der Waals surface area contributed by atoms with Crippen LogP contribution in [0.5, 0.6) is 0 Å². The summed E-state index contributed by atoms with van der Waals surface area (Å²) in [5.74, 6) is 0.528. The first-order valence-electron chi connectivity index (χ1n) is 7.52. The molecule has 2 rings (SSSR count). The number of piperidine rings is 1. The summed E-state index contributed by atoms with van der Waals surface area (Å²) in [6.45, 7) is 6.48. The van der Waals surface area contributed by atoms with Crippen molar-refractivity contribution in [3.05, 3.63) is 0 Å². The minimum atomic E-state index is -0.0211. The van der Waals surface area contributed by atoms with Crippen molar-refractivity contribution in [2.24, 2.45) is 5.92 Å². The molecule has 0 saturated carbocycles. The molecule has 0 spiro atoms. The van der Waals surface area contributed by atoms with Crippen molar-refractivity contribution >= 4 is 11.8 Å². The van der Waals surface area contributed by atoms with Crippen molar-refractivity contribution in [2.75, 3.05) is 39.4 Å². The van der Waals surface area contributed by atoms with Gasteiger partial charge in [0.25, 0.3) is 0 Å². The zero-order valence-electron chi connectivity index (χ0n) is 12.2. The number of ether oxygens (including phenoxy) is 1. The van der Waals surface area contributed by atoms with E-state index in [-0.39, 0.29) is 24.3 Å². The molecule has 2 N–H and O–H groups in total. The zero-order valence-corrected chi connectivity index (χ0v) is 12.2. The first kappa shape index (κ1) is 15.3. The van der Waals surface area contributed by atoms with Crippen LogP contribution in [0.1, 0.15) is 26.2 Å². The summed E-state index contributed by atoms with van der Waals surface area (Å²) < 4.78 is 5.21. The smallest absolute Gasteiger partial charge is 0.223 e. The van der Waals surface area contributed by atoms with Crippen LogP contribution < -0.4 is 10.6 Å². The fourth-order valence-corrected chi connectivity index (χ4v) is 2.65. The molecule has 114 valence electrons. The average molecular weight is 283 g/mol. The Labute approximate surface area is 120 Å². The van der Waals surface area contributed by atoms with Crippen molar-refractivity contribution in [3.8, 4) is 0 Å². The van der Waals surface area contributed by atoms with Gasteiger partial charge in [-0.1, -0.05) is 6.92 Å². The van der Waals surface area contributed by atoms with E-state index in [1.165, 1.54) is 0 Å². The molecule has 0 aromatic carbocycles. The highest BCUT2D eigenvalue weighted by Gasteiger charge is 2.23. The van der Waals surface area contributed by atoms with Gasteiger partial charge in [0, 0.05) is 38.5 Å². The van der Waals surface area contributed by atoms with Crippen LogP contribution in [0.15, 0.2) is 0 Å². The van der Waals surface area contributed by atoms with Crippen LogP contribution in [0, 0.1) is 5.92 Å². The summed E-state index contributed by atoms with van der Waals surface area (Å²) in [7, 11) is 0. The van der Waals surface area contributed by atoms with Crippen molar-refractivity contribution in [2.45, 2.75) is 32.2 Å². The minimum absolute atomic E-state index is 0.0211. The standard InChI is InChI=1S/C14H25N3O3/c1-11-4-5-15-10-12(11)16-13(18)2-3-14(19)17-6-8-20-9-7-17/h11-12,15H,2-10H2,1H3,(H,16,18). The summed E-state index contributed by atoms with van der Waals surface area (Å²) >= 11 is 0. The van der Waals surface area contributed by atoms with Gasteiger partial charge in [0.15, 0.2) is 0 Å². The lowest BCUT2D eigenvalue weighted by Crippen LogP contribution is -2.50. The van der Waals surface area contributed by atoms with E-state index in [9.17, 15) is 9.59 Å². The van der Waals surface area contributed by atoms with Gasteiger partial charge < -0.3 is 20.3 Å². The fraction of sp³-hybridized carbons (Fsp3) is 0.857. The van der Waals surface area contributed by atoms with E-state index in [2.05, 4.69) is 17.6 Å². The number of carbonyl (C=O) groups is 2. The maximum atomic E-state index is 11.9. The van der Waals surface area contributed by atoms with Crippen molar-refractivity contribution in [1.29, 1.82) is 0 Å². The van der Waals surface area contributed by atoms with Gasteiger partial charge in [-0.3, -0.25) is 9.59 Å². The first-order chi connectivity index (χ1) is 9.66. The summed E-state index contributed by atoms with van der Waals surface area (Å²) in [6.07, 6.45) is 1.65. The van der Waals surface area contributed by atoms with Gasteiger partial charge in [-0.15, -0.1) is 0 Å². The van der Waals surface area contributed by atoms with Gasteiger partial charge in [-0.05, 0) is 18.9 Å². The molecule has 2 amide bonds. The van der Waals surface area contributed by atoms with Crippen LogP contribution in [-0.4, -0.2) is 62.1 Å². The van der Waals surface area contributed by atoms with E-state index >= 15 is 0 Å². The van der Waals surface area contributed by atoms with Gasteiger partial charge in [0.1, 0.15) is 0 Å². The zero-order chi connectivity index (χ0) is 14.4. The van der Waals surface area contributed by atoms with Crippen LogP contribution in [0.3, 0.4) is 0 Å². The third-order valence-corrected chi connectivity index (χ3v) is 4.10. The third kappa shape index (κ3) is 4.45. The Bertz CT molecular complexity index is 343. The second-order valence-electron chi connectivity index (χ2n) is 5.64. The Morgan fingerprint density at radius 3 is 2.75 bits per heavy atom. The lowest BCUT2D eigenvalue weighted by atomic mass is 9.94. The maximum absolute atomic E-state index is 11.9. The van der Waals surface area contributed by atoms with Gasteiger partial charge in [-0.2, -0.15) is 0 Å². The van der Waals surface area contributed by atoms with E-state index in [1.807, 2.05) is 0 Å². The Balaban J connectivity index is 1.67.